The highest BCUT2D eigenvalue weighted by Gasteiger charge is 2.27. The van der Waals surface area contributed by atoms with E-state index >= 15 is 0 Å². The molecule has 4 rings (SSSR count). The summed E-state index contributed by atoms with van der Waals surface area (Å²) in [6.07, 6.45) is 4.74. The van der Waals surface area contributed by atoms with Gasteiger partial charge in [0.2, 0.25) is 0 Å². The molecule has 1 aromatic heterocycles. The van der Waals surface area contributed by atoms with Gasteiger partial charge in [0.05, 0.1) is 5.25 Å². The fourth-order valence-corrected chi connectivity index (χ4v) is 5.21. The Morgan fingerprint density at radius 1 is 1.00 bits per heavy atom. The second-order valence-electron chi connectivity index (χ2n) is 9.43. The summed E-state index contributed by atoms with van der Waals surface area (Å²) in [6.45, 7) is 8.64. The number of thioether (sulfide) groups is 1. The second kappa shape index (κ2) is 8.99. The van der Waals surface area contributed by atoms with Gasteiger partial charge in [-0.1, -0.05) is 100.0 Å². The van der Waals surface area contributed by atoms with Crippen molar-refractivity contribution in [3.8, 4) is 11.4 Å². The minimum Gasteiger partial charge on any atom is -0.299 e. The van der Waals surface area contributed by atoms with Crippen molar-refractivity contribution in [2.24, 2.45) is 0 Å². The molecule has 0 radical (unpaired) electrons. The van der Waals surface area contributed by atoms with Crippen LogP contribution in [0, 0.1) is 0 Å². The number of nitrogens with zero attached hydrogens (tertiary/aromatic N) is 3. The van der Waals surface area contributed by atoms with E-state index in [4.69, 9.17) is 0 Å². The van der Waals surface area contributed by atoms with Crippen LogP contribution in [-0.4, -0.2) is 25.8 Å². The Balaban J connectivity index is 1.64. The third-order valence-electron chi connectivity index (χ3n) is 6.07. The van der Waals surface area contributed by atoms with Crippen molar-refractivity contribution in [1.82, 2.24) is 14.8 Å². The molecular formula is C26H31N3OS. The molecule has 0 aliphatic heterocycles. The maximum atomic E-state index is 12.9. The lowest BCUT2D eigenvalue weighted by Crippen LogP contribution is -2.16. The van der Waals surface area contributed by atoms with E-state index in [1.807, 2.05) is 37.3 Å². The monoisotopic (exact) mass is 433 g/mol. The largest absolute Gasteiger partial charge is 0.299 e. The van der Waals surface area contributed by atoms with Crippen LogP contribution in [0.2, 0.25) is 0 Å². The molecule has 0 N–H and O–H groups in total. The van der Waals surface area contributed by atoms with E-state index in [1.54, 1.807) is 0 Å². The van der Waals surface area contributed by atoms with Crippen molar-refractivity contribution in [3.63, 3.8) is 0 Å². The molecule has 1 fully saturated rings. The molecule has 31 heavy (non-hydrogen) atoms. The van der Waals surface area contributed by atoms with E-state index in [9.17, 15) is 4.79 Å². The van der Waals surface area contributed by atoms with E-state index in [1.165, 1.54) is 30.2 Å². The first kappa shape index (κ1) is 21.8. The number of Topliss-reactive ketones (excluding diaryl/α,β-unsaturated/α-hetero) is 1. The van der Waals surface area contributed by atoms with E-state index in [2.05, 4.69) is 59.8 Å². The molecule has 1 aliphatic rings. The highest BCUT2D eigenvalue weighted by molar-refractivity contribution is 8.00. The van der Waals surface area contributed by atoms with Crippen LogP contribution < -0.4 is 0 Å². The minimum atomic E-state index is -0.220. The highest BCUT2D eigenvalue weighted by Crippen LogP contribution is 2.38. The van der Waals surface area contributed by atoms with Crippen LogP contribution in [0.5, 0.6) is 0 Å². The van der Waals surface area contributed by atoms with Gasteiger partial charge in [-0.3, -0.25) is 9.36 Å². The Hall–Kier alpha value is -2.40. The van der Waals surface area contributed by atoms with Crippen LogP contribution in [0.3, 0.4) is 0 Å². The standard InChI is InChI=1S/C26H31N3OS/c1-18(23(30)19-10-6-5-7-11-19)31-25-28-27-24(29(25)22-12-8-9-13-22)20-14-16-21(17-15-20)26(2,3)4/h5-7,10-11,14-18,22H,8-9,12-13H2,1-4H3. The van der Waals surface area contributed by atoms with E-state index in [-0.39, 0.29) is 16.4 Å². The van der Waals surface area contributed by atoms with Gasteiger partial charge in [0.15, 0.2) is 16.8 Å². The molecule has 0 spiro atoms. The van der Waals surface area contributed by atoms with Crippen LogP contribution in [0.1, 0.15) is 75.3 Å². The maximum Gasteiger partial charge on any atom is 0.192 e. The number of carbonyl (C=O) groups excluding carboxylic acids is 1. The van der Waals surface area contributed by atoms with Gasteiger partial charge in [-0.05, 0) is 30.7 Å². The number of hydrogen-bond acceptors (Lipinski definition) is 4. The van der Waals surface area contributed by atoms with Crippen molar-refractivity contribution >= 4 is 17.5 Å². The van der Waals surface area contributed by atoms with Gasteiger partial charge < -0.3 is 0 Å². The van der Waals surface area contributed by atoms with Crippen LogP contribution in [0.4, 0.5) is 0 Å². The molecular weight excluding hydrogens is 402 g/mol. The molecule has 3 aromatic rings. The van der Waals surface area contributed by atoms with Crippen LogP contribution >= 0.6 is 11.8 Å². The maximum absolute atomic E-state index is 12.9. The Bertz CT molecular complexity index is 1030. The smallest absolute Gasteiger partial charge is 0.192 e. The Labute approximate surface area is 189 Å². The number of rotatable bonds is 6. The molecule has 162 valence electrons. The van der Waals surface area contributed by atoms with Gasteiger partial charge in [-0.15, -0.1) is 10.2 Å². The number of ketones is 1. The zero-order valence-electron chi connectivity index (χ0n) is 18.8. The lowest BCUT2D eigenvalue weighted by molar-refractivity contribution is 0.0994. The van der Waals surface area contributed by atoms with E-state index in [0.29, 0.717) is 6.04 Å². The van der Waals surface area contributed by atoms with Crippen molar-refractivity contribution in [2.45, 2.75) is 75.2 Å². The molecule has 0 amide bonds. The normalized spacial score (nSPS) is 15.9. The fraction of sp³-hybridized carbons (Fsp3) is 0.423. The molecule has 1 aliphatic carbocycles. The molecule has 2 aromatic carbocycles. The van der Waals surface area contributed by atoms with Crippen LogP contribution in [0.25, 0.3) is 11.4 Å². The Morgan fingerprint density at radius 3 is 2.26 bits per heavy atom. The van der Waals surface area contributed by atoms with E-state index < -0.39 is 0 Å². The number of aromatic nitrogens is 3. The third kappa shape index (κ3) is 4.77. The zero-order valence-corrected chi connectivity index (χ0v) is 19.7. The third-order valence-corrected chi connectivity index (χ3v) is 7.13. The molecule has 4 nitrogen and oxygen atoms in total. The Morgan fingerprint density at radius 2 is 1.65 bits per heavy atom. The van der Waals surface area contributed by atoms with Crippen molar-refractivity contribution in [3.05, 3.63) is 65.7 Å². The predicted molar refractivity (Wildman–Crippen MR) is 128 cm³/mol. The first-order valence-corrected chi connectivity index (χ1v) is 12.0. The number of hydrogen-bond donors (Lipinski definition) is 0. The SMILES string of the molecule is CC(Sc1nnc(-c2ccc(C(C)(C)C)cc2)n1C1CCCC1)C(=O)c1ccccc1. The first-order valence-electron chi connectivity index (χ1n) is 11.2. The molecule has 1 saturated carbocycles. The quantitative estimate of drug-likeness (QED) is 0.320. The fourth-order valence-electron chi connectivity index (χ4n) is 4.21. The lowest BCUT2D eigenvalue weighted by Gasteiger charge is -2.20. The predicted octanol–water partition coefficient (Wildman–Crippen LogP) is 6.72. The second-order valence-corrected chi connectivity index (χ2v) is 10.7. The van der Waals surface area contributed by atoms with Gasteiger partial charge in [0.1, 0.15) is 0 Å². The van der Waals surface area contributed by atoms with Gasteiger partial charge in [-0.25, -0.2) is 0 Å². The van der Waals surface area contributed by atoms with Gasteiger partial charge in [0, 0.05) is 17.2 Å². The first-order chi connectivity index (χ1) is 14.8. The highest BCUT2D eigenvalue weighted by atomic mass is 32.2. The van der Waals surface area contributed by atoms with Gasteiger partial charge >= 0.3 is 0 Å². The summed E-state index contributed by atoms with van der Waals surface area (Å²) in [5.41, 5.74) is 3.25. The minimum absolute atomic E-state index is 0.117. The van der Waals surface area contributed by atoms with Crippen molar-refractivity contribution in [2.75, 3.05) is 0 Å². The van der Waals surface area contributed by atoms with Crippen LogP contribution in [0.15, 0.2) is 59.8 Å². The van der Waals surface area contributed by atoms with Crippen molar-refractivity contribution < 1.29 is 4.79 Å². The van der Waals surface area contributed by atoms with E-state index in [0.717, 1.165) is 34.9 Å². The lowest BCUT2D eigenvalue weighted by atomic mass is 9.86. The molecule has 1 atom stereocenters. The van der Waals surface area contributed by atoms with Gasteiger partial charge in [-0.2, -0.15) is 0 Å². The summed E-state index contributed by atoms with van der Waals surface area (Å²) in [4.78, 5) is 12.9. The summed E-state index contributed by atoms with van der Waals surface area (Å²) in [6, 6.07) is 18.6. The summed E-state index contributed by atoms with van der Waals surface area (Å²) < 4.78 is 2.29. The average molecular weight is 434 g/mol. The average Bonchev–Trinajstić information content (AvgIpc) is 3.43. The van der Waals surface area contributed by atoms with Gasteiger partial charge in [0.25, 0.3) is 0 Å². The summed E-state index contributed by atoms with van der Waals surface area (Å²) >= 11 is 1.52. The number of benzene rings is 2. The molecule has 1 heterocycles. The number of carbonyl (C=O) groups is 1. The zero-order chi connectivity index (χ0) is 22.0. The topological polar surface area (TPSA) is 47.8 Å². The molecule has 5 heteroatoms. The molecule has 0 bridgehead atoms. The molecule has 1 unspecified atom stereocenters. The summed E-state index contributed by atoms with van der Waals surface area (Å²) in [7, 11) is 0. The van der Waals surface area contributed by atoms with Crippen molar-refractivity contribution in [1.29, 1.82) is 0 Å². The molecule has 0 saturated heterocycles. The summed E-state index contributed by atoms with van der Waals surface area (Å²) in [5, 5.41) is 9.76. The van der Waals surface area contributed by atoms with Crippen LogP contribution in [-0.2, 0) is 5.41 Å². The summed E-state index contributed by atoms with van der Waals surface area (Å²) in [5.74, 6) is 1.04. The Kier molecular flexibility index (Phi) is 6.33.